The summed E-state index contributed by atoms with van der Waals surface area (Å²) in [5.74, 6) is 0. The Hall–Kier alpha value is -1.02. The standard InChI is InChI=1S/C24H32Ge/c1-2-4-6-8-13-21(14-9-7-5-3-1)25-22-15-10-16-23(25)18-12-20-24(25)19-11-17-22/h2,4-5,7,13,15,18-19H,1,3,6,8-12,14,16-17,20H2/b4-2+,7-5+,21-13-. The predicted octanol–water partition coefficient (Wildman–Crippen LogP) is 7.15. The molecule has 0 saturated carbocycles. The molecule has 0 nitrogen and oxygen atoms in total. The summed E-state index contributed by atoms with van der Waals surface area (Å²) in [5, 5.41) is 0. The van der Waals surface area contributed by atoms with Gasteiger partial charge in [-0.3, -0.25) is 0 Å². The molecule has 0 radical (unpaired) electrons. The normalized spacial score (nSPS) is 30.9. The molecular formula is C24H32Ge. The Morgan fingerprint density at radius 1 is 0.400 bits per heavy atom. The van der Waals surface area contributed by atoms with Gasteiger partial charge in [0.2, 0.25) is 0 Å². The summed E-state index contributed by atoms with van der Waals surface area (Å²) in [6.07, 6.45) is 35.8. The van der Waals surface area contributed by atoms with Crippen molar-refractivity contribution in [2.45, 2.75) is 77.0 Å². The van der Waals surface area contributed by atoms with E-state index >= 15 is 0 Å². The van der Waals surface area contributed by atoms with Crippen LogP contribution in [-0.2, 0) is 0 Å². The third-order valence-corrected chi connectivity index (χ3v) is 18.4. The van der Waals surface area contributed by atoms with Crippen molar-refractivity contribution < 1.29 is 0 Å². The van der Waals surface area contributed by atoms with Gasteiger partial charge >= 0.3 is 157 Å². The van der Waals surface area contributed by atoms with E-state index in [2.05, 4.69) is 48.6 Å². The van der Waals surface area contributed by atoms with E-state index in [1.54, 1.807) is 0 Å². The average molecular weight is 393 g/mol. The molecule has 3 aliphatic heterocycles. The molecule has 0 amide bonds. The Kier molecular flexibility index (Phi) is 5.65. The van der Waals surface area contributed by atoms with Gasteiger partial charge in [0.15, 0.2) is 0 Å². The summed E-state index contributed by atoms with van der Waals surface area (Å²) in [6, 6.07) is 0. The van der Waals surface area contributed by atoms with Crippen LogP contribution in [0.2, 0.25) is 0 Å². The first kappa shape index (κ1) is 17.4. The first-order valence-electron chi connectivity index (χ1n) is 10.5. The second kappa shape index (κ2) is 8.12. The molecule has 0 aromatic rings. The van der Waals surface area contributed by atoms with Gasteiger partial charge in [-0.05, 0) is 0 Å². The third-order valence-electron chi connectivity index (χ3n) is 6.48. The second-order valence-corrected chi connectivity index (χ2v) is 16.5. The van der Waals surface area contributed by atoms with Crippen LogP contribution >= 0.6 is 0 Å². The number of rotatable bonds is 1. The maximum absolute atomic E-state index is 2.71. The predicted molar refractivity (Wildman–Crippen MR) is 112 cm³/mol. The van der Waals surface area contributed by atoms with Gasteiger partial charge in [-0.2, -0.15) is 0 Å². The molecule has 0 N–H and O–H groups in total. The van der Waals surface area contributed by atoms with Crippen molar-refractivity contribution in [1.82, 2.24) is 0 Å². The van der Waals surface area contributed by atoms with Crippen LogP contribution in [0.1, 0.15) is 77.0 Å². The molecule has 3 heterocycles. The van der Waals surface area contributed by atoms with Crippen molar-refractivity contribution in [3.63, 3.8) is 0 Å². The van der Waals surface area contributed by atoms with Crippen molar-refractivity contribution in [1.29, 1.82) is 0 Å². The fourth-order valence-corrected chi connectivity index (χ4v) is 18.8. The minimum atomic E-state index is -2.34. The molecule has 0 atom stereocenters. The van der Waals surface area contributed by atoms with Gasteiger partial charge in [0, 0.05) is 0 Å². The first-order chi connectivity index (χ1) is 12.4. The monoisotopic (exact) mass is 394 g/mol. The van der Waals surface area contributed by atoms with Crippen LogP contribution in [-0.4, -0.2) is 13.3 Å². The van der Waals surface area contributed by atoms with E-state index in [4.69, 9.17) is 0 Å². The number of hydrogen-bond donors (Lipinski definition) is 0. The number of allylic oxidation sites excluding steroid dienone is 12. The summed E-state index contributed by atoms with van der Waals surface area (Å²) in [5.41, 5.74) is 0. The molecule has 1 aliphatic carbocycles. The van der Waals surface area contributed by atoms with Crippen molar-refractivity contribution in [3.05, 3.63) is 66.2 Å². The molecular weight excluding hydrogens is 361 g/mol. The zero-order valence-corrected chi connectivity index (χ0v) is 17.7. The molecule has 0 aromatic heterocycles. The molecule has 1 heteroatoms. The maximum atomic E-state index is 2.71. The fourth-order valence-electron chi connectivity index (χ4n) is 5.47. The Balaban J connectivity index is 1.77. The van der Waals surface area contributed by atoms with Crippen molar-refractivity contribution in [3.8, 4) is 0 Å². The van der Waals surface area contributed by atoms with Crippen molar-refractivity contribution in [2.75, 3.05) is 0 Å². The van der Waals surface area contributed by atoms with Crippen LogP contribution < -0.4 is 0 Å². The summed E-state index contributed by atoms with van der Waals surface area (Å²) in [7, 11) is 0. The molecule has 0 spiro atoms. The van der Waals surface area contributed by atoms with E-state index in [1.807, 2.05) is 17.6 Å². The Morgan fingerprint density at radius 3 is 1.28 bits per heavy atom. The van der Waals surface area contributed by atoms with Gasteiger partial charge in [0.05, 0.1) is 0 Å². The molecule has 25 heavy (non-hydrogen) atoms. The first-order valence-corrected chi connectivity index (χ1v) is 14.7. The summed E-state index contributed by atoms with van der Waals surface area (Å²) >= 11 is -2.34. The van der Waals surface area contributed by atoms with E-state index in [0.717, 1.165) is 0 Å². The van der Waals surface area contributed by atoms with Gasteiger partial charge in [0.25, 0.3) is 0 Å². The number of hydrogen-bond acceptors (Lipinski definition) is 0. The fraction of sp³-hybridized carbons (Fsp3) is 0.500. The molecule has 4 rings (SSSR count). The van der Waals surface area contributed by atoms with Crippen LogP contribution in [0.25, 0.3) is 0 Å². The minimum absolute atomic E-state index is 1.21. The van der Waals surface area contributed by atoms with Crippen LogP contribution in [0.3, 0.4) is 0 Å². The van der Waals surface area contributed by atoms with E-state index in [0.29, 0.717) is 0 Å². The van der Waals surface area contributed by atoms with Gasteiger partial charge in [-0.1, -0.05) is 0 Å². The molecule has 0 unspecified atom stereocenters. The third kappa shape index (κ3) is 3.35. The molecule has 132 valence electrons. The molecule has 4 aliphatic rings. The second-order valence-electron chi connectivity index (χ2n) is 7.92. The molecule has 0 bridgehead atoms. The van der Waals surface area contributed by atoms with Crippen LogP contribution in [0.4, 0.5) is 0 Å². The molecule has 0 fully saturated rings. The SMILES string of the molecule is C1=[C]2CCC=[C]3CCC=[C](CC1)[Ge]23/[C]1=C\CC/C=C/CC/C=C/CC1. The Bertz CT molecular complexity index is 626. The van der Waals surface area contributed by atoms with E-state index in [9.17, 15) is 0 Å². The van der Waals surface area contributed by atoms with Gasteiger partial charge in [-0.15, -0.1) is 0 Å². The van der Waals surface area contributed by atoms with Gasteiger partial charge < -0.3 is 0 Å². The quantitative estimate of drug-likeness (QED) is 0.328. The zero-order valence-electron chi connectivity index (χ0n) is 15.6. The molecule has 0 aromatic carbocycles. The van der Waals surface area contributed by atoms with Gasteiger partial charge in [-0.25, -0.2) is 0 Å². The zero-order chi connectivity index (χ0) is 17.0. The van der Waals surface area contributed by atoms with Crippen LogP contribution in [0.15, 0.2) is 66.2 Å². The van der Waals surface area contributed by atoms with Crippen molar-refractivity contribution >= 4 is 13.3 Å². The Morgan fingerprint density at radius 2 is 0.760 bits per heavy atom. The summed E-state index contributed by atoms with van der Waals surface area (Å²) in [6.45, 7) is 0. The van der Waals surface area contributed by atoms with E-state index in [1.165, 1.54) is 77.0 Å². The van der Waals surface area contributed by atoms with Crippen molar-refractivity contribution in [2.24, 2.45) is 0 Å². The molecule has 0 saturated heterocycles. The van der Waals surface area contributed by atoms with E-state index < -0.39 is 13.3 Å². The van der Waals surface area contributed by atoms with Crippen LogP contribution in [0.5, 0.6) is 0 Å². The topological polar surface area (TPSA) is 0 Å². The van der Waals surface area contributed by atoms with Crippen LogP contribution in [0, 0.1) is 0 Å². The van der Waals surface area contributed by atoms with Gasteiger partial charge in [0.1, 0.15) is 0 Å². The summed E-state index contributed by atoms with van der Waals surface area (Å²) in [4.78, 5) is 0. The summed E-state index contributed by atoms with van der Waals surface area (Å²) < 4.78 is 7.68. The average Bonchev–Trinajstić information content (AvgIpc) is 2.63. The Labute approximate surface area is 156 Å². The van der Waals surface area contributed by atoms with E-state index in [-0.39, 0.29) is 0 Å².